The highest BCUT2D eigenvalue weighted by Gasteiger charge is 2.60. The zero-order valence-electron chi connectivity index (χ0n) is 5.86. The van der Waals surface area contributed by atoms with Gasteiger partial charge in [-0.05, 0) is 42.9 Å². The van der Waals surface area contributed by atoms with Crippen molar-refractivity contribution in [3.8, 4) is 0 Å². The van der Waals surface area contributed by atoms with Crippen molar-refractivity contribution < 1.29 is 0 Å². The van der Waals surface area contributed by atoms with Crippen molar-refractivity contribution in [1.82, 2.24) is 0 Å². The first-order valence-corrected chi connectivity index (χ1v) is 4.22. The Labute approximate surface area is 60.0 Å². The number of hydrogen-bond donors (Lipinski definition) is 0. The molecule has 0 aromatic carbocycles. The molecule has 0 aromatic rings. The Kier molecular flexibility index (Phi) is 0.758. The van der Waals surface area contributed by atoms with Crippen molar-refractivity contribution in [3.63, 3.8) is 0 Å². The summed E-state index contributed by atoms with van der Waals surface area (Å²) >= 11 is 0. The third kappa shape index (κ3) is 0.378. The van der Waals surface area contributed by atoms with Gasteiger partial charge in [0.25, 0.3) is 0 Å². The molecule has 0 saturated heterocycles. The molecule has 0 spiro atoms. The Morgan fingerprint density at radius 2 is 1.60 bits per heavy atom. The molecule has 4 atom stereocenters. The van der Waals surface area contributed by atoms with Crippen LogP contribution >= 0.6 is 0 Å². The van der Waals surface area contributed by atoms with Crippen LogP contribution in [0.2, 0.25) is 0 Å². The molecule has 4 saturated carbocycles. The molecule has 2 nitrogen and oxygen atoms in total. The topological polar surface area (TPSA) is 29.4 Å². The van der Waals surface area contributed by atoms with Gasteiger partial charge in [-0.15, -0.1) is 0 Å². The zero-order valence-corrected chi connectivity index (χ0v) is 5.86. The SMILES string of the molecule is O=NC1C2CC3CC2CC31. The van der Waals surface area contributed by atoms with Gasteiger partial charge in [-0.25, -0.2) is 0 Å². The van der Waals surface area contributed by atoms with E-state index in [0.29, 0.717) is 11.8 Å². The maximum Gasteiger partial charge on any atom is 0.0981 e. The second-order valence-corrected chi connectivity index (χ2v) is 4.15. The molecule has 2 heteroatoms. The van der Waals surface area contributed by atoms with E-state index in [1.807, 2.05) is 0 Å². The van der Waals surface area contributed by atoms with Crippen LogP contribution in [0.3, 0.4) is 0 Å². The predicted octanol–water partition coefficient (Wildman–Crippen LogP) is 1.80. The fourth-order valence-electron chi connectivity index (χ4n) is 3.67. The number of rotatable bonds is 1. The van der Waals surface area contributed by atoms with Crippen LogP contribution < -0.4 is 0 Å². The molecule has 10 heavy (non-hydrogen) atoms. The molecule has 4 aliphatic rings. The quantitative estimate of drug-likeness (QED) is 0.507. The third-order valence-corrected chi connectivity index (χ3v) is 3.97. The van der Waals surface area contributed by atoms with E-state index in [0.717, 1.165) is 11.8 Å². The van der Waals surface area contributed by atoms with Gasteiger partial charge in [-0.1, -0.05) is 5.18 Å². The second-order valence-electron chi connectivity index (χ2n) is 4.15. The van der Waals surface area contributed by atoms with Crippen LogP contribution in [0.5, 0.6) is 0 Å². The summed E-state index contributed by atoms with van der Waals surface area (Å²) < 4.78 is 0. The van der Waals surface area contributed by atoms with Crippen LogP contribution in [-0.4, -0.2) is 6.04 Å². The summed E-state index contributed by atoms with van der Waals surface area (Å²) in [7, 11) is 0. The van der Waals surface area contributed by atoms with E-state index >= 15 is 0 Å². The lowest BCUT2D eigenvalue weighted by atomic mass is 9.96. The van der Waals surface area contributed by atoms with Crippen LogP contribution in [0.25, 0.3) is 0 Å². The Morgan fingerprint density at radius 3 is 1.90 bits per heavy atom. The molecule has 4 aliphatic carbocycles. The first-order valence-electron chi connectivity index (χ1n) is 4.22. The molecule has 0 aliphatic heterocycles. The van der Waals surface area contributed by atoms with Gasteiger partial charge in [-0.2, -0.15) is 4.91 Å². The van der Waals surface area contributed by atoms with Crippen LogP contribution in [0, 0.1) is 28.6 Å². The summed E-state index contributed by atoms with van der Waals surface area (Å²) in [4.78, 5) is 10.4. The standard InChI is InChI=1S/C8H11NO/c10-9-8-6-2-4-1-5(6)3-7(4)8/h4-8H,1-3H2. The Bertz CT molecular complexity index is 176. The fourth-order valence-corrected chi connectivity index (χ4v) is 3.67. The Balaban J connectivity index is 2.02. The average molecular weight is 137 g/mol. The minimum atomic E-state index is 0.240. The van der Waals surface area contributed by atoms with Crippen molar-refractivity contribution in [2.75, 3.05) is 0 Å². The molecule has 0 amide bonds. The van der Waals surface area contributed by atoms with Crippen molar-refractivity contribution in [3.05, 3.63) is 4.91 Å². The molecule has 54 valence electrons. The van der Waals surface area contributed by atoms with Gasteiger partial charge in [0.2, 0.25) is 0 Å². The van der Waals surface area contributed by atoms with Gasteiger partial charge in [-0.3, -0.25) is 0 Å². The lowest BCUT2D eigenvalue weighted by Gasteiger charge is -2.12. The maximum atomic E-state index is 10.4. The van der Waals surface area contributed by atoms with E-state index in [1.54, 1.807) is 0 Å². The van der Waals surface area contributed by atoms with Gasteiger partial charge >= 0.3 is 0 Å². The molecular formula is C8H11NO. The van der Waals surface area contributed by atoms with Crippen LogP contribution in [0.4, 0.5) is 0 Å². The molecule has 0 heterocycles. The fraction of sp³-hybridized carbons (Fsp3) is 1.00. The Hall–Kier alpha value is -0.400. The van der Waals surface area contributed by atoms with Gasteiger partial charge in [0.1, 0.15) is 0 Å². The van der Waals surface area contributed by atoms with Gasteiger partial charge in [0.15, 0.2) is 0 Å². The molecule has 0 radical (unpaired) electrons. The Morgan fingerprint density at radius 1 is 1.00 bits per heavy atom. The summed E-state index contributed by atoms with van der Waals surface area (Å²) in [5.74, 6) is 3.23. The second kappa shape index (κ2) is 1.44. The molecule has 0 N–H and O–H groups in total. The smallest absolute Gasteiger partial charge is 0.0981 e. The highest BCUT2D eigenvalue weighted by Crippen LogP contribution is 2.63. The lowest BCUT2D eigenvalue weighted by molar-refractivity contribution is 0.397. The van der Waals surface area contributed by atoms with E-state index < -0.39 is 0 Å². The van der Waals surface area contributed by atoms with Crippen molar-refractivity contribution in [2.45, 2.75) is 25.3 Å². The summed E-state index contributed by atoms with van der Waals surface area (Å²) in [6, 6.07) is 0.240. The van der Waals surface area contributed by atoms with E-state index in [4.69, 9.17) is 0 Å². The molecule has 4 rings (SSSR count). The summed E-state index contributed by atoms with van der Waals surface area (Å²) in [6.45, 7) is 0. The lowest BCUT2D eigenvalue weighted by Crippen LogP contribution is -2.16. The van der Waals surface area contributed by atoms with E-state index in [1.165, 1.54) is 19.3 Å². The van der Waals surface area contributed by atoms with Crippen LogP contribution in [0.1, 0.15) is 19.3 Å². The highest BCUT2D eigenvalue weighted by atomic mass is 16.3. The van der Waals surface area contributed by atoms with Crippen molar-refractivity contribution in [1.29, 1.82) is 0 Å². The normalized spacial score (nSPS) is 62.2. The minimum absolute atomic E-state index is 0.240. The van der Waals surface area contributed by atoms with Gasteiger partial charge in [0.05, 0.1) is 6.04 Å². The number of hydrogen-bond acceptors (Lipinski definition) is 2. The van der Waals surface area contributed by atoms with Crippen molar-refractivity contribution in [2.24, 2.45) is 28.8 Å². The molecular weight excluding hydrogens is 126 g/mol. The summed E-state index contributed by atoms with van der Waals surface area (Å²) in [6.07, 6.45) is 4.07. The monoisotopic (exact) mass is 137 g/mol. The molecule has 0 aromatic heterocycles. The first-order chi connectivity index (χ1) is 4.90. The number of nitroso groups, excluding NO2 is 1. The molecule has 4 bridgehead atoms. The largest absolute Gasteiger partial charge is 0.150 e. The first kappa shape index (κ1) is 5.28. The van der Waals surface area contributed by atoms with E-state index in [9.17, 15) is 4.91 Å². The summed E-state index contributed by atoms with van der Waals surface area (Å²) in [5.41, 5.74) is 0. The van der Waals surface area contributed by atoms with Crippen LogP contribution in [0.15, 0.2) is 5.18 Å². The van der Waals surface area contributed by atoms with E-state index in [2.05, 4.69) is 5.18 Å². The van der Waals surface area contributed by atoms with Gasteiger partial charge < -0.3 is 0 Å². The van der Waals surface area contributed by atoms with Crippen molar-refractivity contribution >= 4 is 0 Å². The average Bonchev–Trinajstić information content (AvgIpc) is 2.53. The van der Waals surface area contributed by atoms with Gasteiger partial charge in [0, 0.05) is 0 Å². The maximum absolute atomic E-state index is 10.4. The highest BCUT2D eigenvalue weighted by molar-refractivity contribution is 5.11. The number of nitrogens with zero attached hydrogens (tertiary/aromatic N) is 1. The predicted molar refractivity (Wildman–Crippen MR) is 37.4 cm³/mol. The van der Waals surface area contributed by atoms with E-state index in [-0.39, 0.29) is 6.04 Å². The summed E-state index contributed by atoms with van der Waals surface area (Å²) in [5, 5.41) is 3.24. The minimum Gasteiger partial charge on any atom is -0.150 e. The van der Waals surface area contributed by atoms with Crippen LogP contribution in [-0.2, 0) is 0 Å². The third-order valence-electron chi connectivity index (χ3n) is 3.97. The molecule has 4 fully saturated rings. The molecule has 4 unspecified atom stereocenters. The zero-order chi connectivity index (χ0) is 6.72.